The number of aromatic nitrogens is 3. The van der Waals surface area contributed by atoms with Gasteiger partial charge in [0.05, 0.1) is 20.8 Å². The van der Waals surface area contributed by atoms with Gasteiger partial charge in [0.15, 0.2) is 0 Å². The maximum absolute atomic E-state index is 11.3. The van der Waals surface area contributed by atoms with Crippen LogP contribution in [0, 0.1) is 0 Å². The van der Waals surface area contributed by atoms with Crippen molar-refractivity contribution in [1.29, 1.82) is 0 Å². The van der Waals surface area contributed by atoms with Crippen molar-refractivity contribution in [3.05, 3.63) is 35.9 Å². The lowest BCUT2D eigenvalue weighted by molar-refractivity contribution is 0.0586. The van der Waals surface area contributed by atoms with E-state index in [1.54, 1.807) is 25.3 Å². The van der Waals surface area contributed by atoms with Crippen LogP contribution in [0.3, 0.4) is 0 Å². The van der Waals surface area contributed by atoms with E-state index in [9.17, 15) is 4.79 Å². The fourth-order valence-corrected chi connectivity index (χ4v) is 1.65. The normalized spacial score (nSPS) is 10.2. The molecule has 19 heavy (non-hydrogen) atoms. The number of benzene rings is 1. The lowest BCUT2D eigenvalue weighted by atomic mass is 10.2. The quantitative estimate of drug-likeness (QED) is 0.644. The third kappa shape index (κ3) is 2.82. The largest absolute Gasteiger partial charge is 0.496 e. The third-order valence-electron chi connectivity index (χ3n) is 2.54. The predicted molar refractivity (Wildman–Crippen MR) is 67.9 cm³/mol. The third-order valence-corrected chi connectivity index (χ3v) is 2.54. The van der Waals surface area contributed by atoms with Crippen LogP contribution in [0.5, 0.6) is 5.75 Å². The number of rotatable bonds is 4. The number of carbonyl (C=O) groups is 1. The zero-order valence-corrected chi connectivity index (χ0v) is 10.7. The van der Waals surface area contributed by atoms with Crippen LogP contribution in [-0.2, 0) is 11.3 Å². The van der Waals surface area contributed by atoms with E-state index in [0.717, 1.165) is 5.56 Å². The van der Waals surface area contributed by atoms with Crippen LogP contribution in [0.25, 0.3) is 0 Å². The molecule has 2 aromatic rings. The number of hydrogen-bond donors (Lipinski definition) is 1. The molecule has 7 nitrogen and oxygen atoms in total. The van der Waals surface area contributed by atoms with E-state index in [-0.39, 0.29) is 5.82 Å². The minimum absolute atomic E-state index is 0.0189. The highest BCUT2D eigenvalue weighted by Gasteiger charge is 2.12. The molecule has 0 aliphatic carbocycles. The number of ether oxygens (including phenoxy) is 2. The van der Waals surface area contributed by atoms with Crippen molar-refractivity contribution in [3.8, 4) is 5.75 Å². The summed E-state index contributed by atoms with van der Waals surface area (Å²) < 4.78 is 11.3. The van der Waals surface area contributed by atoms with Crippen LogP contribution in [0.1, 0.15) is 16.2 Å². The Bertz CT molecular complexity index is 594. The second-order valence-electron chi connectivity index (χ2n) is 3.83. The minimum Gasteiger partial charge on any atom is -0.496 e. The maximum atomic E-state index is 11.3. The Morgan fingerprint density at radius 2 is 2.21 bits per heavy atom. The SMILES string of the molecule is COC(=O)c1ncn(Cc2cc(N)ccc2OC)n1. The van der Waals surface area contributed by atoms with Crippen molar-refractivity contribution in [2.45, 2.75) is 6.54 Å². The van der Waals surface area contributed by atoms with Gasteiger partial charge in [-0.3, -0.25) is 0 Å². The summed E-state index contributed by atoms with van der Waals surface area (Å²) in [7, 11) is 2.86. The van der Waals surface area contributed by atoms with Gasteiger partial charge in [0.1, 0.15) is 12.1 Å². The van der Waals surface area contributed by atoms with Crippen molar-refractivity contribution >= 4 is 11.7 Å². The van der Waals surface area contributed by atoms with E-state index in [1.807, 2.05) is 0 Å². The molecule has 0 spiro atoms. The van der Waals surface area contributed by atoms with Gasteiger partial charge in [-0.05, 0) is 18.2 Å². The summed E-state index contributed by atoms with van der Waals surface area (Å²) in [5, 5.41) is 4.02. The topological polar surface area (TPSA) is 92.3 Å². The molecule has 0 unspecified atom stereocenters. The number of methoxy groups -OCH3 is 2. The van der Waals surface area contributed by atoms with Gasteiger partial charge < -0.3 is 15.2 Å². The summed E-state index contributed by atoms with van der Waals surface area (Å²) in [5.74, 6) is 0.146. The summed E-state index contributed by atoms with van der Waals surface area (Å²) in [6, 6.07) is 5.32. The molecule has 0 aliphatic rings. The van der Waals surface area contributed by atoms with Gasteiger partial charge in [-0.2, -0.15) is 0 Å². The molecule has 0 bridgehead atoms. The van der Waals surface area contributed by atoms with E-state index in [2.05, 4.69) is 14.8 Å². The molecule has 2 rings (SSSR count). The summed E-state index contributed by atoms with van der Waals surface area (Å²) >= 11 is 0. The molecular weight excluding hydrogens is 248 g/mol. The number of esters is 1. The molecule has 0 aliphatic heterocycles. The van der Waals surface area contributed by atoms with Crippen molar-refractivity contribution in [3.63, 3.8) is 0 Å². The summed E-state index contributed by atoms with van der Waals surface area (Å²) in [4.78, 5) is 15.1. The number of anilines is 1. The summed E-state index contributed by atoms with van der Waals surface area (Å²) in [6.45, 7) is 0.401. The molecule has 0 radical (unpaired) electrons. The minimum atomic E-state index is -0.571. The lowest BCUT2D eigenvalue weighted by Gasteiger charge is -2.08. The first kappa shape index (κ1) is 12.9. The van der Waals surface area contributed by atoms with Crippen molar-refractivity contribution in [2.75, 3.05) is 20.0 Å². The van der Waals surface area contributed by atoms with Crippen LogP contribution in [-0.4, -0.2) is 35.0 Å². The Kier molecular flexibility index (Phi) is 3.65. The molecule has 0 fully saturated rings. The van der Waals surface area contributed by atoms with Gasteiger partial charge in [-0.1, -0.05) is 0 Å². The fourth-order valence-electron chi connectivity index (χ4n) is 1.65. The predicted octanol–water partition coefficient (Wildman–Crippen LogP) is 0.704. The number of carbonyl (C=O) groups excluding carboxylic acids is 1. The van der Waals surface area contributed by atoms with Gasteiger partial charge >= 0.3 is 5.97 Å². The van der Waals surface area contributed by atoms with Crippen LogP contribution < -0.4 is 10.5 Å². The Labute approximate surface area is 110 Å². The molecule has 1 aromatic heterocycles. The Morgan fingerprint density at radius 1 is 1.42 bits per heavy atom. The van der Waals surface area contributed by atoms with Gasteiger partial charge in [-0.15, -0.1) is 5.10 Å². The van der Waals surface area contributed by atoms with Crippen molar-refractivity contribution < 1.29 is 14.3 Å². The van der Waals surface area contributed by atoms with Crippen molar-refractivity contribution in [1.82, 2.24) is 14.8 Å². The van der Waals surface area contributed by atoms with Crippen LogP contribution in [0.15, 0.2) is 24.5 Å². The second-order valence-corrected chi connectivity index (χ2v) is 3.83. The molecule has 1 aromatic carbocycles. The maximum Gasteiger partial charge on any atom is 0.377 e. The summed E-state index contributed by atoms with van der Waals surface area (Å²) in [5.41, 5.74) is 7.22. The smallest absolute Gasteiger partial charge is 0.377 e. The molecule has 7 heteroatoms. The van der Waals surface area contributed by atoms with E-state index in [0.29, 0.717) is 18.0 Å². The molecule has 0 amide bonds. The van der Waals surface area contributed by atoms with Gasteiger partial charge in [-0.25, -0.2) is 14.5 Å². The monoisotopic (exact) mass is 262 g/mol. The average molecular weight is 262 g/mol. The summed E-state index contributed by atoms with van der Waals surface area (Å²) in [6.07, 6.45) is 1.45. The van der Waals surface area contributed by atoms with Crippen LogP contribution >= 0.6 is 0 Å². The molecule has 2 N–H and O–H groups in total. The highest BCUT2D eigenvalue weighted by Crippen LogP contribution is 2.21. The van der Waals surface area contributed by atoms with Crippen molar-refractivity contribution in [2.24, 2.45) is 0 Å². The first-order chi connectivity index (χ1) is 9.13. The highest BCUT2D eigenvalue weighted by atomic mass is 16.5. The first-order valence-electron chi connectivity index (χ1n) is 5.54. The zero-order valence-electron chi connectivity index (χ0n) is 10.7. The zero-order chi connectivity index (χ0) is 13.8. The Morgan fingerprint density at radius 3 is 2.89 bits per heavy atom. The lowest BCUT2D eigenvalue weighted by Crippen LogP contribution is -2.07. The number of nitrogens with two attached hydrogens (primary N) is 1. The molecular formula is C12H14N4O3. The number of hydrogen-bond acceptors (Lipinski definition) is 6. The fraction of sp³-hybridized carbons (Fsp3) is 0.250. The number of nitrogen functional groups attached to an aromatic ring is 1. The van der Waals surface area contributed by atoms with Crippen LogP contribution in [0.2, 0.25) is 0 Å². The first-order valence-corrected chi connectivity index (χ1v) is 5.54. The van der Waals surface area contributed by atoms with E-state index in [1.165, 1.54) is 18.1 Å². The molecule has 1 heterocycles. The van der Waals surface area contributed by atoms with E-state index < -0.39 is 5.97 Å². The van der Waals surface area contributed by atoms with Gasteiger partial charge in [0.25, 0.3) is 5.82 Å². The van der Waals surface area contributed by atoms with E-state index in [4.69, 9.17) is 10.5 Å². The second kappa shape index (κ2) is 5.38. The number of nitrogens with zero attached hydrogens (tertiary/aromatic N) is 3. The standard InChI is InChI=1S/C12H14N4O3/c1-18-10-4-3-9(13)5-8(10)6-16-7-14-11(15-16)12(17)19-2/h3-5,7H,6,13H2,1-2H3. The molecule has 0 atom stereocenters. The van der Waals surface area contributed by atoms with E-state index >= 15 is 0 Å². The Hall–Kier alpha value is -2.57. The molecule has 0 saturated heterocycles. The van der Waals surface area contributed by atoms with Gasteiger partial charge in [0, 0.05) is 11.3 Å². The van der Waals surface area contributed by atoms with Gasteiger partial charge in [0.2, 0.25) is 0 Å². The van der Waals surface area contributed by atoms with Crippen LogP contribution in [0.4, 0.5) is 5.69 Å². The average Bonchev–Trinajstić information content (AvgIpc) is 2.86. The Balaban J connectivity index is 2.23. The molecule has 0 saturated carbocycles. The highest BCUT2D eigenvalue weighted by molar-refractivity contribution is 5.84. The molecule has 100 valence electrons.